The molecule has 0 saturated carbocycles. The number of benzene rings is 2. The van der Waals surface area contributed by atoms with Gasteiger partial charge in [0, 0.05) is 37.1 Å². The van der Waals surface area contributed by atoms with Crippen LogP contribution in [0.15, 0.2) is 36.4 Å². The number of amides is 2. The van der Waals surface area contributed by atoms with Crippen molar-refractivity contribution < 1.29 is 22.7 Å². The zero-order valence-electron chi connectivity index (χ0n) is 17.7. The van der Waals surface area contributed by atoms with Crippen LogP contribution < -0.4 is 20.3 Å². The summed E-state index contributed by atoms with van der Waals surface area (Å²) in [7, 11) is -3.60. The number of carbonyl (C=O) groups excluding carboxylic acids is 2. The number of ether oxygens (including phenoxy) is 1. The van der Waals surface area contributed by atoms with E-state index in [0.717, 1.165) is 30.6 Å². The van der Waals surface area contributed by atoms with Gasteiger partial charge in [0.2, 0.25) is 15.9 Å². The van der Waals surface area contributed by atoms with Crippen molar-refractivity contribution in [2.75, 3.05) is 52.8 Å². The standard InChI is InChI=1S/C21H26N4O5S/c1-14-12-17(25-8-10-30-11-9-25)5-7-19(14)23-21(27)18-13-16(22-15(2)26)4-6-20(18)24-31(3,28)29/h4-7,12-13,24H,8-11H2,1-3H3,(H,22,26)(H,23,27). The first-order chi connectivity index (χ1) is 14.6. The molecule has 3 rings (SSSR count). The van der Waals surface area contributed by atoms with E-state index in [0.29, 0.717) is 24.6 Å². The van der Waals surface area contributed by atoms with Gasteiger partial charge in [-0.25, -0.2) is 8.42 Å². The first-order valence-corrected chi connectivity index (χ1v) is 11.7. The second-order valence-electron chi connectivity index (χ2n) is 7.37. The molecule has 0 aliphatic carbocycles. The molecule has 31 heavy (non-hydrogen) atoms. The number of aryl methyl sites for hydroxylation is 1. The average Bonchev–Trinajstić information content (AvgIpc) is 2.70. The predicted octanol–water partition coefficient (Wildman–Crippen LogP) is 2.41. The number of morpholine rings is 1. The summed E-state index contributed by atoms with van der Waals surface area (Å²) in [4.78, 5) is 26.6. The minimum Gasteiger partial charge on any atom is -0.378 e. The summed E-state index contributed by atoms with van der Waals surface area (Å²) < 4.78 is 31.2. The Labute approximate surface area is 181 Å². The van der Waals surface area contributed by atoms with Crippen LogP contribution in [0.3, 0.4) is 0 Å². The Bertz CT molecular complexity index is 1090. The molecule has 1 aliphatic heterocycles. The van der Waals surface area contributed by atoms with E-state index in [-0.39, 0.29) is 17.2 Å². The molecule has 0 atom stereocenters. The van der Waals surface area contributed by atoms with Gasteiger partial charge in [-0.3, -0.25) is 14.3 Å². The lowest BCUT2D eigenvalue weighted by Gasteiger charge is -2.29. The Hall–Kier alpha value is -3.11. The van der Waals surface area contributed by atoms with Crippen molar-refractivity contribution in [3.05, 3.63) is 47.5 Å². The van der Waals surface area contributed by atoms with Crippen molar-refractivity contribution in [2.45, 2.75) is 13.8 Å². The van der Waals surface area contributed by atoms with Gasteiger partial charge in [-0.15, -0.1) is 0 Å². The van der Waals surface area contributed by atoms with Crippen LogP contribution >= 0.6 is 0 Å². The second-order valence-corrected chi connectivity index (χ2v) is 9.12. The molecular formula is C21H26N4O5S. The molecule has 0 bridgehead atoms. The SMILES string of the molecule is CC(=O)Nc1ccc(NS(C)(=O)=O)c(C(=O)Nc2ccc(N3CCOCC3)cc2C)c1. The monoisotopic (exact) mass is 446 g/mol. The van der Waals surface area contributed by atoms with Crippen molar-refractivity contribution in [3.63, 3.8) is 0 Å². The summed E-state index contributed by atoms with van der Waals surface area (Å²) in [6.07, 6.45) is 1.00. The number of rotatable bonds is 6. The third-order valence-corrected chi connectivity index (χ3v) is 5.31. The maximum Gasteiger partial charge on any atom is 0.257 e. The van der Waals surface area contributed by atoms with Crippen LogP contribution in [0.25, 0.3) is 0 Å². The van der Waals surface area contributed by atoms with Crippen molar-refractivity contribution in [1.29, 1.82) is 0 Å². The number of carbonyl (C=O) groups is 2. The van der Waals surface area contributed by atoms with Gasteiger partial charge in [-0.05, 0) is 48.9 Å². The van der Waals surface area contributed by atoms with E-state index in [4.69, 9.17) is 4.74 Å². The van der Waals surface area contributed by atoms with Crippen molar-refractivity contribution >= 4 is 44.6 Å². The zero-order valence-corrected chi connectivity index (χ0v) is 18.5. The van der Waals surface area contributed by atoms with E-state index in [1.54, 1.807) is 0 Å². The maximum atomic E-state index is 13.0. The molecule has 0 aromatic heterocycles. The number of hydrogen-bond acceptors (Lipinski definition) is 6. The summed E-state index contributed by atoms with van der Waals surface area (Å²) >= 11 is 0. The lowest BCUT2D eigenvalue weighted by atomic mass is 10.1. The van der Waals surface area contributed by atoms with Gasteiger partial charge in [0.15, 0.2) is 0 Å². The van der Waals surface area contributed by atoms with E-state index in [1.807, 2.05) is 25.1 Å². The van der Waals surface area contributed by atoms with Gasteiger partial charge in [-0.1, -0.05) is 0 Å². The topological polar surface area (TPSA) is 117 Å². The fourth-order valence-electron chi connectivity index (χ4n) is 3.30. The predicted molar refractivity (Wildman–Crippen MR) is 121 cm³/mol. The molecule has 2 aromatic rings. The van der Waals surface area contributed by atoms with E-state index < -0.39 is 15.9 Å². The van der Waals surface area contributed by atoms with Crippen LogP contribution in [0, 0.1) is 6.92 Å². The lowest BCUT2D eigenvalue weighted by Crippen LogP contribution is -2.36. The quantitative estimate of drug-likeness (QED) is 0.627. The third-order valence-electron chi connectivity index (χ3n) is 4.71. The summed E-state index contributed by atoms with van der Waals surface area (Å²) in [5, 5.41) is 5.43. The molecule has 9 nitrogen and oxygen atoms in total. The summed E-state index contributed by atoms with van der Waals surface area (Å²) in [5.74, 6) is -0.801. The molecule has 166 valence electrons. The van der Waals surface area contributed by atoms with Gasteiger partial charge >= 0.3 is 0 Å². The van der Waals surface area contributed by atoms with Crippen LogP contribution in [0.1, 0.15) is 22.8 Å². The van der Waals surface area contributed by atoms with Crippen LogP contribution in [-0.2, 0) is 19.6 Å². The second kappa shape index (κ2) is 9.36. The van der Waals surface area contributed by atoms with E-state index in [2.05, 4.69) is 20.3 Å². The molecule has 1 aliphatic rings. The third kappa shape index (κ3) is 6.19. The fraction of sp³-hybridized carbons (Fsp3) is 0.333. The first-order valence-electron chi connectivity index (χ1n) is 9.76. The number of hydrogen-bond donors (Lipinski definition) is 3. The van der Waals surface area contributed by atoms with Crippen molar-refractivity contribution in [3.8, 4) is 0 Å². The highest BCUT2D eigenvalue weighted by molar-refractivity contribution is 7.92. The smallest absolute Gasteiger partial charge is 0.257 e. The lowest BCUT2D eigenvalue weighted by molar-refractivity contribution is -0.114. The number of nitrogens with one attached hydrogen (secondary N) is 3. The summed E-state index contributed by atoms with van der Waals surface area (Å²) in [6, 6.07) is 10.1. The Kier molecular flexibility index (Phi) is 6.81. The maximum absolute atomic E-state index is 13.0. The Morgan fingerprint density at radius 2 is 1.68 bits per heavy atom. The first kappa shape index (κ1) is 22.6. The highest BCUT2D eigenvalue weighted by Crippen LogP contribution is 2.26. The molecule has 1 heterocycles. The summed E-state index contributed by atoms with van der Waals surface area (Å²) in [5.41, 5.74) is 3.12. The fourth-order valence-corrected chi connectivity index (χ4v) is 3.88. The van der Waals surface area contributed by atoms with Gasteiger partial charge in [0.1, 0.15) is 0 Å². The molecule has 2 aromatic carbocycles. The van der Waals surface area contributed by atoms with Gasteiger partial charge in [0.25, 0.3) is 5.91 Å². The van der Waals surface area contributed by atoms with Crippen molar-refractivity contribution in [1.82, 2.24) is 0 Å². The molecule has 0 spiro atoms. The highest BCUT2D eigenvalue weighted by Gasteiger charge is 2.18. The van der Waals surface area contributed by atoms with Crippen LogP contribution in [0.2, 0.25) is 0 Å². The number of sulfonamides is 1. The Morgan fingerprint density at radius 1 is 1.00 bits per heavy atom. The minimum absolute atomic E-state index is 0.0910. The molecule has 1 saturated heterocycles. The molecule has 2 amide bonds. The van der Waals surface area contributed by atoms with E-state index in [9.17, 15) is 18.0 Å². The molecule has 3 N–H and O–H groups in total. The number of nitrogens with zero attached hydrogens (tertiary/aromatic N) is 1. The molecule has 10 heteroatoms. The Morgan fingerprint density at radius 3 is 2.29 bits per heavy atom. The van der Waals surface area contributed by atoms with Crippen LogP contribution in [0.5, 0.6) is 0 Å². The molecule has 1 fully saturated rings. The molecular weight excluding hydrogens is 420 g/mol. The van der Waals surface area contributed by atoms with Gasteiger partial charge in [0.05, 0.1) is 30.7 Å². The molecule has 0 radical (unpaired) electrons. The zero-order chi connectivity index (χ0) is 22.6. The highest BCUT2D eigenvalue weighted by atomic mass is 32.2. The van der Waals surface area contributed by atoms with Gasteiger partial charge < -0.3 is 20.3 Å². The molecule has 0 unspecified atom stereocenters. The normalized spacial score (nSPS) is 14.1. The van der Waals surface area contributed by atoms with Crippen LogP contribution in [0.4, 0.5) is 22.7 Å². The van der Waals surface area contributed by atoms with E-state index in [1.165, 1.54) is 25.1 Å². The Balaban J connectivity index is 1.86. The average molecular weight is 447 g/mol. The van der Waals surface area contributed by atoms with E-state index >= 15 is 0 Å². The largest absolute Gasteiger partial charge is 0.378 e. The summed E-state index contributed by atoms with van der Waals surface area (Å²) in [6.45, 7) is 6.21. The van der Waals surface area contributed by atoms with Gasteiger partial charge in [-0.2, -0.15) is 0 Å². The van der Waals surface area contributed by atoms with Crippen molar-refractivity contribution in [2.24, 2.45) is 0 Å². The minimum atomic E-state index is -3.60. The number of anilines is 4. The van der Waals surface area contributed by atoms with Crippen LogP contribution in [-0.4, -0.2) is 52.8 Å².